The summed E-state index contributed by atoms with van der Waals surface area (Å²) in [4.78, 5) is 15.6. The predicted octanol–water partition coefficient (Wildman–Crippen LogP) is 7.22. The van der Waals surface area contributed by atoms with E-state index in [4.69, 9.17) is 10.00 Å². The van der Waals surface area contributed by atoms with Crippen molar-refractivity contribution in [2.75, 3.05) is 0 Å². The summed E-state index contributed by atoms with van der Waals surface area (Å²) in [6.07, 6.45) is -4.42. The summed E-state index contributed by atoms with van der Waals surface area (Å²) in [5.74, 6) is -2.47. The van der Waals surface area contributed by atoms with Gasteiger partial charge in [-0.1, -0.05) is 36.4 Å². The van der Waals surface area contributed by atoms with E-state index in [1.165, 1.54) is 30.3 Å². The van der Waals surface area contributed by atoms with E-state index in [1.807, 2.05) is 37.3 Å². The lowest BCUT2D eigenvalue weighted by molar-refractivity contribution is -0.143. The number of hydrogen-bond donors (Lipinski definition) is 1. The molecule has 7 nitrogen and oxygen atoms in total. The van der Waals surface area contributed by atoms with E-state index in [1.54, 1.807) is 12.1 Å². The molecule has 0 unspecified atom stereocenters. The van der Waals surface area contributed by atoms with Gasteiger partial charge >= 0.3 is 12.1 Å². The molecule has 0 saturated carbocycles. The number of halogens is 4. The van der Waals surface area contributed by atoms with Crippen LogP contribution in [0.4, 0.5) is 17.6 Å². The average molecular weight is 573 g/mol. The fourth-order valence-corrected chi connectivity index (χ4v) is 4.40. The zero-order chi connectivity index (χ0) is 30.0. The Bertz CT molecular complexity index is 1840. The summed E-state index contributed by atoms with van der Waals surface area (Å²) in [6, 6.07) is 22.9. The Balaban J connectivity index is 1.44. The summed E-state index contributed by atoms with van der Waals surface area (Å²) in [5.41, 5.74) is 1.99. The van der Waals surface area contributed by atoms with Crippen LogP contribution in [0, 0.1) is 24.1 Å². The number of carboxylic acids is 1. The van der Waals surface area contributed by atoms with E-state index < -0.39 is 29.2 Å². The maximum atomic E-state index is 14.3. The van der Waals surface area contributed by atoms with Crippen molar-refractivity contribution < 1.29 is 32.2 Å². The number of nitrogens with zero attached hydrogens (tertiary/aromatic N) is 4. The lowest BCUT2D eigenvalue weighted by Crippen LogP contribution is -2.18. The Morgan fingerprint density at radius 1 is 1.02 bits per heavy atom. The molecule has 2 aromatic heterocycles. The first-order chi connectivity index (χ1) is 20.0. The Labute approximate surface area is 236 Å². The molecule has 0 aliphatic heterocycles. The van der Waals surface area contributed by atoms with E-state index in [-0.39, 0.29) is 29.4 Å². The second-order valence-electron chi connectivity index (χ2n) is 9.26. The van der Waals surface area contributed by atoms with Crippen molar-refractivity contribution in [3.8, 4) is 40.0 Å². The zero-order valence-electron chi connectivity index (χ0n) is 21.9. The highest BCUT2D eigenvalue weighted by molar-refractivity contribution is 5.89. The van der Waals surface area contributed by atoms with Gasteiger partial charge in [0.2, 0.25) is 0 Å². The fraction of sp³-hybridized carbons (Fsp3) is 0.0968. The number of nitriles is 1. The molecule has 0 saturated heterocycles. The van der Waals surface area contributed by atoms with Crippen molar-refractivity contribution in [1.82, 2.24) is 14.8 Å². The molecule has 0 fully saturated rings. The highest BCUT2D eigenvalue weighted by Crippen LogP contribution is 2.35. The Kier molecular flexibility index (Phi) is 7.46. The molecule has 0 spiro atoms. The summed E-state index contributed by atoms with van der Waals surface area (Å²) in [7, 11) is 0. The summed E-state index contributed by atoms with van der Waals surface area (Å²) in [5, 5.41) is 21.8. The molecule has 1 N–H and O–H groups in total. The van der Waals surface area contributed by atoms with Crippen molar-refractivity contribution in [1.29, 1.82) is 5.26 Å². The smallest absolute Gasteiger partial charge is 0.434 e. The van der Waals surface area contributed by atoms with Gasteiger partial charge in [-0.2, -0.15) is 23.5 Å². The van der Waals surface area contributed by atoms with Gasteiger partial charge in [0.1, 0.15) is 23.7 Å². The van der Waals surface area contributed by atoms with Gasteiger partial charge in [0.15, 0.2) is 11.5 Å². The summed E-state index contributed by atoms with van der Waals surface area (Å²) in [6.45, 7) is 2.02. The van der Waals surface area contributed by atoms with Crippen molar-refractivity contribution >= 4 is 5.97 Å². The molecule has 0 aliphatic carbocycles. The zero-order valence-corrected chi connectivity index (χ0v) is 21.9. The molecule has 5 aromatic rings. The van der Waals surface area contributed by atoms with E-state index in [0.717, 1.165) is 28.3 Å². The maximum absolute atomic E-state index is 14.3. The van der Waals surface area contributed by atoms with Gasteiger partial charge in [0.05, 0.1) is 23.5 Å². The number of aryl methyl sites for hydroxylation is 1. The molecule has 5 rings (SSSR count). The van der Waals surface area contributed by atoms with Gasteiger partial charge < -0.3 is 9.84 Å². The minimum Gasteiger partial charge on any atom is -0.488 e. The van der Waals surface area contributed by atoms with Crippen molar-refractivity contribution in [2.24, 2.45) is 0 Å². The van der Waals surface area contributed by atoms with Crippen LogP contribution in [-0.4, -0.2) is 25.8 Å². The average Bonchev–Trinajstić information content (AvgIpc) is 3.44. The van der Waals surface area contributed by atoms with E-state index in [2.05, 4.69) is 16.2 Å². The Hall–Kier alpha value is -5.50. The van der Waals surface area contributed by atoms with Crippen LogP contribution in [0.3, 0.4) is 0 Å². The third-order valence-electron chi connectivity index (χ3n) is 6.51. The largest absolute Gasteiger partial charge is 0.488 e. The lowest BCUT2D eigenvalue weighted by atomic mass is 9.99. The van der Waals surface area contributed by atoms with Gasteiger partial charge in [0.25, 0.3) is 0 Å². The molecule has 0 atom stereocenters. The maximum Gasteiger partial charge on any atom is 0.434 e. The second kappa shape index (κ2) is 11.2. The van der Waals surface area contributed by atoms with Gasteiger partial charge in [-0.15, -0.1) is 0 Å². The number of ether oxygens (including phenoxy) is 1. The number of pyridine rings is 1. The van der Waals surface area contributed by atoms with E-state index in [0.29, 0.717) is 16.4 Å². The Morgan fingerprint density at radius 2 is 1.76 bits per heavy atom. The minimum atomic E-state index is -5.03. The molecule has 42 heavy (non-hydrogen) atoms. The number of benzene rings is 3. The van der Waals surface area contributed by atoms with Gasteiger partial charge in [-0.25, -0.2) is 18.9 Å². The molecule has 0 amide bonds. The summed E-state index contributed by atoms with van der Waals surface area (Å²) < 4.78 is 62.0. The SMILES string of the molecule is Cc1cc(-c2ccc(C#N)cc2)ccc1COc1ccc(F)cc1-c1cccc(-n2ncc(C(=O)O)c2C(F)(F)F)n1. The second-order valence-corrected chi connectivity index (χ2v) is 9.26. The predicted molar refractivity (Wildman–Crippen MR) is 144 cm³/mol. The first-order valence-electron chi connectivity index (χ1n) is 12.4. The molecule has 0 bridgehead atoms. The van der Waals surface area contributed by atoms with Crippen LogP contribution in [0.5, 0.6) is 5.75 Å². The Morgan fingerprint density at radius 3 is 2.43 bits per heavy atom. The van der Waals surface area contributed by atoms with Crippen molar-refractivity contribution in [3.63, 3.8) is 0 Å². The van der Waals surface area contributed by atoms with Gasteiger partial charge in [-0.3, -0.25) is 0 Å². The van der Waals surface area contributed by atoms with Crippen LogP contribution in [0.2, 0.25) is 0 Å². The fourth-order valence-electron chi connectivity index (χ4n) is 4.40. The molecule has 0 radical (unpaired) electrons. The number of alkyl halides is 3. The molecule has 3 aromatic carbocycles. The number of carbonyl (C=O) groups is 1. The normalized spacial score (nSPS) is 11.2. The highest BCUT2D eigenvalue weighted by atomic mass is 19.4. The molecule has 0 aliphatic rings. The van der Waals surface area contributed by atoms with Gasteiger partial charge in [0, 0.05) is 5.56 Å². The minimum absolute atomic E-state index is 0.0929. The number of aromatic nitrogens is 3. The summed E-state index contributed by atoms with van der Waals surface area (Å²) >= 11 is 0. The monoisotopic (exact) mass is 572 g/mol. The highest BCUT2D eigenvalue weighted by Gasteiger charge is 2.41. The standard InChI is InChI=1S/C31H20F4N4O3/c1-18-13-21(20-7-5-19(15-36)6-8-20)9-10-22(18)17-42-27-12-11-23(32)14-24(27)26-3-2-4-28(38-26)39-29(31(33,34)35)25(16-37-39)30(40)41/h2-14,16H,17H2,1H3,(H,40,41). The molecule has 2 heterocycles. The first-order valence-corrected chi connectivity index (χ1v) is 12.4. The topological polar surface area (TPSA) is 101 Å². The van der Waals surface area contributed by atoms with Crippen LogP contribution in [-0.2, 0) is 12.8 Å². The van der Waals surface area contributed by atoms with E-state index >= 15 is 0 Å². The van der Waals surface area contributed by atoms with Gasteiger partial charge in [-0.05, 0) is 71.6 Å². The van der Waals surface area contributed by atoms with Crippen molar-refractivity contribution in [2.45, 2.75) is 19.7 Å². The number of hydrogen-bond acceptors (Lipinski definition) is 5. The van der Waals surface area contributed by atoms with E-state index in [9.17, 15) is 27.5 Å². The molecule has 210 valence electrons. The van der Waals surface area contributed by atoms with Crippen LogP contribution in [0.25, 0.3) is 28.2 Å². The van der Waals surface area contributed by atoms with Crippen LogP contribution < -0.4 is 4.74 Å². The van der Waals surface area contributed by atoms with Crippen LogP contribution in [0.1, 0.15) is 32.7 Å². The molecular formula is C31H20F4N4O3. The number of aromatic carboxylic acids is 1. The third kappa shape index (κ3) is 5.69. The number of rotatable bonds is 7. The quantitative estimate of drug-likeness (QED) is 0.207. The first kappa shape index (κ1) is 28.0. The molecular weight excluding hydrogens is 552 g/mol. The third-order valence-corrected chi connectivity index (χ3v) is 6.51. The number of carboxylic acid groups (broad SMARTS) is 1. The lowest BCUT2D eigenvalue weighted by Gasteiger charge is -2.15. The van der Waals surface area contributed by atoms with Crippen molar-refractivity contribution in [3.05, 3.63) is 119 Å². The van der Waals surface area contributed by atoms with Crippen LogP contribution >= 0.6 is 0 Å². The van der Waals surface area contributed by atoms with Crippen LogP contribution in [0.15, 0.2) is 85.1 Å². The molecule has 11 heteroatoms.